The minimum atomic E-state index is -0.713. The van der Waals surface area contributed by atoms with E-state index in [9.17, 15) is 4.79 Å². The van der Waals surface area contributed by atoms with E-state index in [1.165, 1.54) is 11.3 Å². The summed E-state index contributed by atoms with van der Waals surface area (Å²) < 4.78 is 5.52. The van der Waals surface area contributed by atoms with E-state index in [0.29, 0.717) is 20.9 Å². The highest BCUT2D eigenvalue weighted by Crippen LogP contribution is 2.28. The van der Waals surface area contributed by atoms with Gasteiger partial charge in [0.1, 0.15) is 5.75 Å². The standard InChI is InChI=1S/C13H12Cl2N2O2S/c1-7-6-16-13(20-7)17-12(18)8(2)19-11-5-9(14)3-4-10(11)15/h3-6,8H,1-2H3,(H,16,17,18)/t8-/m1/s1. The normalized spacial score (nSPS) is 12.0. The van der Waals surface area contributed by atoms with E-state index in [1.807, 2.05) is 6.92 Å². The highest BCUT2D eigenvalue weighted by atomic mass is 35.5. The van der Waals surface area contributed by atoms with Gasteiger partial charge in [-0.25, -0.2) is 4.98 Å². The van der Waals surface area contributed by atoms with Gasteiger partial charge in [-0.3, -0.25) is 10.1 Å². The molecule has 0 aliphatic heterocycles. The monoisotopic (exact) mass is 330 g/mol. The van der Waals surface area contributed by atoms with Crippen LogP contribution in [-0.4, -0.2) is 17.0 Å². The first kappa shape index (κ1) is 15.1. The quantitative estimate of drug-likeness (QED) is 0.915. The third-order valence-corrected chi connectivity index (χ3v) is 3.79. The largest absolute Gasteiger partial charge is 0.479 e. The molecule has 0 fully saturated rings. The van der Waals surface area contributed by atoms with Crippen molar-refractivity contribution in [3.63, 3.8) is 0 Å². The van der Waals surface area contributed by atoms with Crippen LogP contribution in [-0.2, 0) is 4.79 Å². The van der Waals surface area contributed by atoms with Crippen LogP contribution in [0.1, 0.15) is 11.8 Å². The smallest absolute Gasteiger partial charge is 0.266 e. The number of rotatable bonds is 4. The van der Waals surface area contributed by atoms with Crippen molar-refractivity contribution in [3.05, 3.63) is 39.3 Å². The maximum Gasteiger partial charge on any atom is 0.266 e. The fourth-order valence-electron chi connectivity index (χ4n) is 1.43. The highest BCUT2D eigenvalue weighted by Gasteiger charge is 2.17. The van der Waals surface area contributed by atoms with Gasteiger partial charge in [0, 0.05) is 22.2 Å². The number of hydrogen-bond donors (Lipinski definition) is 1. The van der Waals surface area contributed by atoms with Crippen molar-refractivity contribution >= 4 is 45.6 Å². The minimum Gasteiger partial charge on any atom is -0.479 e. The number of amides is 1. The number of nitrogens with one attached hydrogen (secondary N) is 1. The molecular formula is C13H12Cl2N2O2S. The second-order valence-electron chi connectivity index (χ2n) is 4.10. The van der Waals surface area contributed by atoms with Crippen molar-refractivity contribution in [2.24, 2.45) is 0 Å². The molecule has 1 amide bonds. The number of benzene rings is 1. The fraction of sp³-hybridized carbons (Fsp3) is 0.231. The van der Waals surface area contributed by atoms with Gasteiger partial charge in [-0.05, 0) is 26.0 Å². The van der Waals surface area contributed by atoms with Gasteiger partial charge in [-0.2, -0.15) is 0 Å². The summed E-state index contributed by atoms with van der Waals surface area (Å²) in [6, 6.07) is 4.84. The average molecular weight is 331 g/mol. The molecule has 2 rings (SSSR count). The molecule has 0 spiro atoms. The van der Waals surface area contributed by atoms with E-state index in [4.69, 9.17) is 27.9 Å². The zero-order chi connectivity index (χ0) is 14.7. The first-order chi connectivity index (χ1) is 9.45. The van der Waals surface area contributed by atoms with Crippen molar-refractivity contribution in [1.29, 1.82) is 0 Å². The molecule has 7 heteroatoms. The summed E-state index contributed by atoms with van der Waals surface area (Å²) in [5.41, 5.74) is 0. The number of halogens is 2. The Kier molecular flexibility index (Phi) is 4.86. The van der Waals surface area contributed by atoms with Gasteiger partial charge in [0.2, 0.25) is 0 Å². The highest BCUT2D eigenvalue weighted by molar-refractivity contribution is 7.15. The fourth-order valence-corrected chi connectivity index (χ4v) is 2.42. The Labute approximate surface area is 130 Å². The number of thiazole rings is 1. The molecule has 1 aromatic carbocycles. The summed E-state index contributed by atoms with van der Waals surface area (Å²) in [5, 5.41) is 4.12. The van der Waals surface area contributed by atoms with E-state index >= 15 is 0 Å². The third kappa shape index (κ3) is 3.85. The van der Waals surface area contributed by atoms with Crippen molar-refractivity contribution in [1.82, 2.24) is 4.98 Å². The van der Waals surface area contributed by atoms with E-state index in [1.54, 1.807) is 31.3 Å². The predicted molar refractivity (Wildman–Crippen MR) is 82.0 cm³/mol. The summed E-state index contributed by atoms with van der Waals surface area (Å²) in [5.74, 6) is 0.0764. The Bertz CT molecular complexity index is 631. The lowest BCUT2D eigenvalue weighted by Crippen LogP contribution is -2.30. The van der Waals surface area contributed by atoms with Crippen molar-refractivity contribution in [3.8, 4) is 5.75 Å². The number of anilines is 1. The predicted octanol–water partition coefficient (Wildman–Crippen LogP) is 4.16. The number of carbonyl (C=O) groups excluding carboxylic acids is 1. The Morgan fingerprint density at radius 3 is 2.85 bits per heavy atom. The summed E-state index contributed by atoms with van der Waals surface area (Å²) in [7, 11) is 0. The first-order valence-electron chi connectivity index (χ1n) is 5.80. The SMILES string of the molecule is Cc1cnc(NC(=O)[C@@H](C)Oc2cc(Cl)ccc2Cl)s1. The Morgan fingerprint density at radius 1 is 1.45 bits per heavy atom. The molecule has 0 aliphatic carbocycles. The average Bonchev–Trinajstić information content (AvgIpc) is 2.79. The number of aromatic nitrogens is 1. The van der Waals surface area contributed by atoms with Crippen molar-refractivity contribution in [2.45, 2.75) is 20.0 Å². The van der Waals surface area contributed by atoms with Crippen LogP contribution in [0, 0.1) is 6.92 Å². The van der Waals surface area contributed by atoms with Crippen LogP contribution in [0.5, 0.6) is 5.75 Å². The number of carbonyl (C=O) groups is 1. The molecular weight excluding hydrogens is 319 g/mol. The minimum absolute atomic E-state index is 0.296. The van der Waals surface area contributed by atoms with Gasteiger partial charge in [-0.1, -0.05) is 23.2 Å². The third-order valence-electron chi connectivity index (χ3n) is 2.42. The molecule has 106 valence electrons. The number of hydrogen-bond acceptors (Lipinski definition) is 4. The molecule has 1 atom stereocenters. The Morgan fingerprint density at radius 2 is 2.20 bits per heavy atom. The molecule has 0 radical (unpaired) electrons. The maximum absolute atomic E-state index is 12.0. The van der Waals surface area contributed by atoms with E-state index in [-0.39, 0.29) is 5.91 Å². The van der Waals surface area contributed by atoms with E-state index in [2.05, 4.69) is 10.3 Å². The van der Waals surface area contributed by atoms with Crippen LogP contribution in [0.4, 0.5) is 5.13 Å². The zero-order valence-corrected chi connectivity index (χ0v) is 13.1. The lowest BCUT2D eigenvalue weighted by atomic mass is 10.3. The molecule has 2 aromatic rings. The summed E-state index contributed by atoms with van der Waals surface area (Å²) in [6.07, 6.45) is 0.981. The lowest BCUT2D eigenvalue weighted by molar-refractivity contribution is -0.122. The summed E-state index contributed by atoms with van der Waals surface area (Å²) in [6.45, 7) is 3.55. The van der Waals surface area contributed by atoms with Gasteiger partial charge >= 0.3 is 0 Å². The number of nitrogens with zero attached hydrogens (tertiary/aromatic N) is 1. The Balaban J connectivity index is 2.02. The van der Waals surface area contributed by atoms with Crippen LogP contribution in [0.3, 0.4) is 0 Å². The molecule has 4 nitrogen and oxygen atoms in total. The molecule has 20 heavy (non-hydrogen) atoms. The summed E-state index contributed by atoms with van der Waals surface area (Å²) in [4.78, 5) is 17.1. The molecule has 1 aromatic heterocycles. The maximum atomic E-state index is 12.0. The van der Waals surface area contributed by atoms with Crippen LogP contribution in [0.15, 0.2) is 24.4 Å². The van der Waals surface area contributed by atoms with Crippen LogP contribution < -0.4 is 10.1 Å². The second-order valence-corrected chi connectivity index (χ2v) is 6.18. The summed E-state index contributed by atoms with van der Waals surface area (Å²) >= 11 is 13.2. The topological polar surface area (TPSA) is 51.2 Å². The van der Waals surface area contributed by atoms with E-state index in [0.717, 1.165) is 4.88 Å². The molecule has 0 bridgehead atoms. The lowest BCUT2D eigenvalue weighted by Gasteiger charge is -2.14. The molecule has 1 heterocycles. The zero-order valence-electron chi connectivity index (χ0n) is 10.8. The van der Waals surface area contributed by atoms with Gasteiger partial charge in [0.05, 0.1) is 5.02 Å². The van der Waals surface area contributed by atoms with Crippen molar-refractivity contribution in [2.75, 3.05) is 5.32 Å². The van der Waals surface area contributed by atoms with E-state index < -0.39 is 6.10 Å². The molecule has 0 saturated carbocycles. The first-order valence-corrected chi connectivity index (χ1v) is 7.38. The molecule has 0 unspecified atom stereocenters. The Hall–Kier alpha value is -1.30. The van der Waals surface area contributed by atoms with Crippen LogP contribution in [0.2, 0.25) is 10.0 Å². The second kappa shape index (κ2) is 6.43. The van der Waals surface area contributed by atoms with Gasteiger partial charge in [0.15, 0.2) is 11.2 Å². The molecule has 0 aliphatic rings. The molecule has 1 N–H and O–H groups in total. The number of ether oxygens (including phenoxy) is 1. The molecule has 0 saturated heterocycles. The number of aryl methyl sites for hydroxylation is 1. The van der Waals surface area contributed by atoms with Gasteiger partial charge in [-0.15, -0.1) is 11.3 Å². The van der Waals surface area contributed by atoms with Crippen LogP contribution >= 0.6 is 34.5 Å². The van der Waals surface area contributed by atoms with Crippen molar-refractivity contribution < 1.29 is 9.53 Å². The van der Waals surface area contributed by atoms with Gasteiger partial charge in [0.25, 0.3) is 5.91 Å². The van der Waals surface area contributed by atoms with Gasteiger partial charge < -0.3 is 4.74 Å². The van der Waals surface area contributed by atoms with Crippen LogP contribution in [0.25, 0.3) is 0 Å².